The average molecular weight is 363 g/mol. The number of nitrogens with zero attached hydrogens (tertiary/aromatic N) is 1. The number of nitrogens with one attached hydrogen (secondary N) is 2. The summed E-state index contributed by atoms with van der Waals surface area (Å²) >= 11 is 0. The Morgan fingerprint density at radius 3 is 2.42 bits per heavy atom. The van der Waals surface area contributed by atoms with Gasteiger partial charge < -0.3 is 20.1 Å². The Balaban J connectivity index is 2.33. The summed E-state index contributed by atoms with van der Waals surface area (Å²) in [5.74, 6) is 0. The molecule has 0 unspecified atom stereocenters. The first kappa shape index (κ1) is 20.7. The Labute approximate surface area is 155 Å². The molecule has 1 aliphatic rings. The molecule has 4 N–H and O–H groups in total. The molecule has 0 radical (unpaired) electrons. The van der Waals surface area contributed by atoms with Crippen molar-refractivity contribution in [2.75, 3.05) is 31.5 Å². The first-order valence-corrected chi connectivity index (χ1v) is 9.00. The van der Waals surface area contributed by atoms with Gasteiger partial charge in [0.2, 0.25) is 0 Å². The van der Waals surface area contributed by atoms with E-state index < -0.39 is 18.8 Å². The summed E-state index contributed by atoms with van der Waals surface area (Å²) < 4.78 is 5.35. The van der Waals surface area contributed by atoms with Crippen molar-refractivity contribution in [1.82, 2.24) is 10.2 Å². The molecule has 0 bridgehead atoms. The van der Waals surface area contributed by atoms with Gasteiger partial charge >= 0.3 is 13.2 Å². The lowest BCUT2D eigenvalue weighted by Gasteiger charge is -2.29. The predicted molar refractivity (Wildman–Crippen MR) is 104 cm³/mol. The zero-order valence-electron chi connectivity index (χ0n) is 16.3. The smallest absolute Gasteiger partial charge is 0.444 e. The van der Waals surface area contributed by atoms with Crippen molar-refractivity contribution in [2.45, 2.75) is 46.8 Å². The van der Waals surface area contributed by atoms with Crippen molar-refractivity contribution in [2.24, 2.45) is 0 Å². The van der Waals surface area contributed by atoms with E-state index in [0.29, 0.717) is 23.3 Å². The van der Waals surface area contributed by atoms with Crippen molar-refractivity contribution in [1.29, 1.82) is 0 Å². The lowest BCUT2D eigenvalue weighted by molar-refractivity contribution is 0.0635. The summed E-state index contributed by atoms with van der Waals surface area (Å²) in [4.78, 5) is 14.5. The van der Waals surface area contributed by atoms with Crippen LogP contribution in [0.3, 0.4) is 0 Å². The van der Waals surface area contributed by atoms with Gasteiger partial charge in [0.15, 0.2) is 0 Å². The highest BCUT2D eigenvalue weighted by Gasteiger charge is 2.24. The van der Waals surface area contributed by atoms with E-state index in [4.69, 9.17) is 4.74 Å². The lowest BCUT2D eigenvalue weighted by atomic mass is 9.75. The fraction of sp³-hybridized carbons (Fsp3) is 0.611. The molecule has 0 atom stereocenters. The summed E-state index contributed by atoms with van der Waals surface area (Å²) in [5, 5.41) is 25.6. The Kier molecular flexibility index (Phi) is 6.68. The van der Waals surface area contributed by atoms with Crippen molar-refractivity contribution >= 4 is 24.4 Å². The van der Waals surface area contributed by atoms with E-state index in [9.17, 15) is 14.8 Å². The maximum atomic E-state index is 12.2. The monoisotopic (exact) mass is 363 g/mol. The quantitative estimate of drug-likeness (QED) is 0.590. The van der Waals surface area contributed by atoms with E-state index in [1.165, 1.54) is 0 Å². The summed E-state index contributed by atoms with van der Waals surface area (Å²) in [6.07, 6.45) is -0.554. The van der Waals surface area contributed by atoms with Gasteiger partial charge in [-0.1, -0.05) is 6.07 Å². The molecular formula is C18H30BN3O4. The largest absolute Gasteiger partial charge is 0.488 e. The third-order valence-electron chi connectivity index (χ3n) is 4.50. The number of hydrogen-bond donors (Lipinski definition) is 4. The van der Waals surface area contributed by atoms with Gasteiger partial charge in [-0.05, 0) is 56.8 Å². The Bertz CT molecular complexity index is 653. The van der Waals surface area contributed by atoms with Crippen LogP contribution in [0.25, 0.3) is 0 Å². The van der Waals surface area contributed by atoms with Crippen LogP contribution in [0.5, 0.6) is 0 Å². The normalized spacial score (nSPS) is 15.7. The van der Waals surface area contributed by atoms with Gasteiger partial charge in [-0.25, -0.2) is 4.79 Å². The molecule has 1 saturated heterocycles. The Morgan fingerprint density at radius 1 is 1.27 bits per heavy atom. The maximum absolute atomic E-state index is 12.2. The highest BCUT2D eigenvalue weighted by Crippen LogP contribution is 2.25. The molecule has 144 valence electrons. The van der Waals surface area contributed by atoms with E-state index in [-0.39, 0.29) is 0 Å². The molecule has 1 aromatic rings. The number of anilines is 1. The predicted octanol–water partition coefficient (Wildman–Crippen LogP) is 0.735. The van der Waals surface area contributed by atoms with Gasteiger partial charge in [0, 0.05) is 38.4 Å². The molecule has 7 nitrogen and oxygen atoms in total. The van der Waals surface area contributed by atoms with E-state index >= 15 is 0 Å². The van der Waals surface area contributed by atoms with Crippen LogP contribution in [0.4, 0.5) is 10.5 Å². The van der Waals surface area contributed by atoms with Gasteiger partial charge in [0.05, 0.1) is 0 Å². The van der Waals surface area contributed by atoms with Gasteiger partial charge in [0.1, 0.15) is 5.60 Å². The Morgan fingerprint density at radius 2 is 1.88 bits per heavy atom. The van der Waals surface area contributed by atoms with Crippen LogP contribution in [-0.2, 0) is 11.3 Å². The molecule has 1 aliphatic heterocycles. The Hall–Kier alpha value is -1.61. The molecule has 1 fully saturated rings. The molecule has 1 aromatic carbocycles. The molecule has 0 aliphatic carbocycles. The molecule has 0 aromatic heterocycles. The van der Waals surface area contributed by atoms with E-state index in [1.54, 1.807) is 27.7 Å². The molecule has 0 saturated carbocycles. The number of carbonyl (C=O) groups excluding carboxylic acids is 1. The fourth-order valence-corrected chi connectivity index (χ4v) is 3.13. The molecule has 1 heterocycles. The van der Waals surface area contributed by atoms with E-state index in [2.05, 4.69) is 15.5 Å². The second-order valence-electron chi connectivity index (χ2n) is 7.78. The van der Waals surface area contributed by atoms with Crippen molar-refractivity contribution < 1.29 is 19.6 Å². The van der Waals surface area contributed by atoms with Crippen molar-refractivity contribution in [3.63, 3.8) is 0 Å². The van der Waals surface area contributed by atoms with Crippen LogP contribution in [0, 0.1) is 13.8 Å². The molecule has 2 rings (SSSR count). The lowest BCUT2D eigenvalue weighted by Crippen LogP contribution is -2.43. The highest BCUT2D eigenvalue weighted by molar-refractivity contribution is 6.59. The standard InChI is InChI=1S/C18H30BN3O4/c1-12-14(11-22-8-6-20-7-9-22)10-15(19(24)25)13(2)16(12)21-17(23)26-18(3,4)5/h10,20,24-25H,6-9,11H2,1-5H3,(H,21,23). The minimum absolute atomic E-state index is 0.395. The summed E-state index contributed by atoms with van der Waals surface area (Å²) in [5.41, 5.74) is 2.88. The number of carbonyl (C=O) groups is 1. The third-order valence-corrected chi connectivity index (χ3v) is 4.50. The number of amides is 1. The summed E-state index contributed by atoms with van der Waals surface area (Å²) in [6, 6.07) is 1.82. The number of rotatable bonds is 4. The number of hydrogen-bond acceptors (Lipinski definition) is 6. The molecule has 26 heavy (non-hydrogen) atoms. The van der Waals surface area contributed by atoms with Gasteiger partial charge in [-0.3, -0.25) is 10.2 Å². The second kappa shape index (κ2) is 8.39. The fourth-order valence-electron chi connectivity index (χ4n) is 3.13. The highest BCUT2D eigenvalue weighted by atomic mass is 16.6. The van der Waals surface area contributed by atoms with Crippen LogP contribution < -0.4 is 16.1 Å². The minimum Gasteiger partial charge on any atom is -0.444 e. The topological polar surface area (TPSA) is 94.1 Å². The van der Waals surface area contributed by atoms with E-state index in [1.807, 2.05) is 13.0 Å². The molecule has 0 spiro atoms. The summed E-state index contributed by atoms with van der Waals surface area (Å²) in [7, 11) is -1.60. The van der Waals surface area contributed by atoms with Crippen molar-refractivity contribution in [3.05, 3.63) is 22.8 Å². The van der Waals surface area contributed by atoms with Gasteiger partial charge in [-0.15, -0.1) is 0 Å². The maximum Gasteiger partial charge on any atom is 0.488 e. The molecule has 1 amide bonds. The first-order chi connectivity index (χ1) is 12.1. The van der Waals surface area contributed by atoms with E-state index in [0.717, 1.165) is 37.3 Å². The average Bonchev–Trinajstić information content (AvgIpc) is 2.53. The SMILES string of the molecule is Cc1c(CN2CCNCC2)cc(B(O)O)c(C)c1NC(=O)OC(C)(C)C. The number of benzene rings is 1. The first-order valence-electron chi connectivity index (χ1n) is 9.00. The van der Waals surface area contributed by atoms with Gasteiger partial charge in [0.25, 0.3) is 0 Å². The van der Waals surface area contributed by atoms with Crippen LogP contribution in [0.15, 0.2) is 6.07 Å². The van der Waals surface area contributed by atoms with Crippen molar-refractivity contribution in [3.8, 4) is 0 Å². The zero-order chi connectivity index (χ0) is 19.5. The van der Waals surface area contributed by atoms with Crippen LogP contribution >= 0.6 is 0 Å². The zero-order valence-corrected chi connectivity index (χ0v) is 16.3. The number of piperazine rings is 1. The minimum atomic E-state index is -1.60. The second-order valence-corrected chi connectivity index (χ2v) is 7.78. The molecule has 8 heteroatoms. The van der Waals surface area contributed by atoms with Crippen LogP contribution in [0.1, 0.15) is 37.5 Å². The third kappa shape index (κ3) is 5.44. The van der Waals surface area contributed by atoms with Gasteiger partial charge in [-0.2, -0.15) is 0 Å². The molecular weight excluding hydrogens is 333 g/mol. The summed E-state index contributed by atoms with van der Waals surface area (Å²) in [6.45, 7) is 13.5. The van der Waals surface area contributed by atoms with Crippen LogP contribution in [0.2, 0.25) is 0 Å². The van der Waals surface area contributed by atoms with Crippen LogP contribution in [-0.4, -0.2) is 59.9 Å². The number of ether oxygens (including phenoxy) is 1.